The molecule has 0 aliphatic carbocycles. The smallest absolute Gasteiger partial charge is 0.314 e. The lowest BCUT2D eigenvalue weighted by Gasteiger charge is -2.28. The zero-order valence-electron chi connectivity index (χ0n) is 16.8. The number of rotatable bonds is 9. The lowest BCUT2D eigenvalue weighted by Crippen LogP contribution is -2.42. The third-order valence-corrected chi connectivity index (χ3v) is 7.39. The van der Waals surface area contributed by atoms with Crippen molar-refractivity contribution in [2.24, 2.45) is 0 Å². The fourth-order valence-electron chi connectivity index (χ4n) is 3.06. The molecule has 0 saturated carbocycles. The largest absolute Gasteiger partial charge is 0.414 e. The SMILES string of the molecule is O=S(=O)(CCN1CCOCC1)N(Cc1ncc(-c2nnc(C(F)F)o2)s1)c1cccnc1. The molecule has 0 bridgehead atoms. The summed E-state index contributed by atoms with van der Waals surface area (Å²) in [5, 5.41) is 7.35. The predicted molar refractivity (Wildman–Crippen MR) is 112 cm³/mol. The molecule has 0 N–H and O–H groups in total. The van der Waals surface area contributed by atoms with Gasteiger partial charge in [-0.3, -0.25) is 14.2 Å². The third kappa shape index (κ3) is 5.43. The fourth-order valence-corrected chi connectivity index (χ4v) is 5.43. The van der Waals surface area contributed by atoms with Gasteiger partial charge in [0.1, 0.15) is 9.88 Å². The van der Waals surface area contributed by atoms with Gasteiger partial charge >= 0.3 is 6.43 Å². The highest BCUT2D eigenvalue weighted by atomic mass is 32.2. The standard InChI is InChI=1S/C18H20F2N6O4S2/c19-16(20)18-24-23-17(30-18)14-11-22-15(31-14)12-26(13-2-1-3-21-10-13)32(27,28)9-6-25-4-7-29-8-5-25/h1-3,10-11,16H,4-9,12H2. The number of nitrogens with zero attached hydrogens (tertiary/aromatic N) is 6. The Labute approximate surface area is 186 Å². The highest BCUT2D eigenvalue weighted by Crippen LogP contribution is 2.29. The molecule has 10 nitrogen and oxygen atoms in total. The molecule has 3 aromatic heterocycles. The second-order valence-corrected chi connectivity index (χ2v) is 9.98. The van der Waals surface area contributed by atoms with Gasteiger partial charge in [0.05, 0.1) is 43.6 Å². The Morgan fingerprint density at radius 2 is 2.03 bits per heavy atom. The van der Waals surface area contributed by atoms with Gasteiger partial charge in [-0.25, -0.2) is 13.4 Å². The third-order valence-electron chi connectivity index (χ3n) is 4.71. The Morgan fingerprint density at radius 1 is 1.22 bits per heavy atom. The van der Waals surface area contributed by atoms with Crippen molar-refractivity contribution in [2.75, 3.05) is 42.9 Å². The van der Waals surface area contributed by atoms with Gasteiger partial charge in [-0.2, -0.15) is 8.78 Å². The number of sulfonamides is 1. The van der Waals surface area contributed by atoms with Crippen LogP contribution in [0.2, 0.25) is 0 Å². The van der Waals surface area contributed by atoms with Crippen LogP contribution in [0.4, 0.5) is 14.5 Å². The maximum atomic E-state index is 13.2. The number of hydrogen-bond donors (Lipinski definition) is 0. The fraction of sp³-hybridized carbons (Fsp3) is 0.444. The summed E-state index contributed by atoms with van der Waals surface area (Å²) in [5.74, 6) is -0.952. The summed E-state index contributed by atoms with van der Waals surface area (Å²) in [6.07, 6.45) is 1.54. The summed E-state index contributed by atoms with van der Waals surface area (Å²) in [6, 6.07) is 3.30. The molecule has 0 unspecified atom stereocenters. The van der Waals surface area contributed by atoms with Crippen LogP contribution in [0, 0.1) is 0 Å². The zero-order chi connectivity index (χ0) is 22.6. The average Bonchev–Trinajstić information content (AvgIpc) is 3.47. The summed E-state index contributed by atoms with van der Waals surface area (Å²) in [6.45, 7) is 2.86. The minimum atomic E-state index is -3.71. The van der Waals surface area contributed by atoms with E-state index in [4.69, 9.17) is 9.15 Å². The zero-order valence-corrected chi connectivity index (χ0v) is 18.4. The lowest BCUT2D eigenvalue weighted by atomic mass is 10.4. The summed E-state index contributed by atoms with van der Waals surface area (Å²) < 4.78 is 63.4. The Morgan fingerprint density at radius 3 is 2.72 bits per heavy atom. The van der Waals surface area contributed by atoms with Gasteiger partial charge in [0.2, 0.25) is 10.0 Å². The van der Waals surface area contributed by atoms with Crippen molar-refractivity contribution in [3.05, 3.63) is 41.6 Å². The van der Waals surface area contributed by atoms with Gasteiger partial charge in [0, 0.05) is 25.8 Å². The molecule has 1 aliphatic heterocycles. The molecule has 32 heavy (non-hydrogen) atoms. The normalized spacial score (nSPS) is 15.3. The number of aromatic nitrogens is 4. The van der Waals surface area contributed by atoms with Crippen LogP contribution in [-0.2, 0) is 21.3 Å². The molecule has 3 aromatic rings. The molecule has 172 valence electrons. The van der Waals surface area contributed by atoms with Crippen molar-refractivity contribution in [3.63, 3.8) is 0 Å². The minimum Gasteiger partial charge on any atom is -0.414 e. The lowest BCUT2D eigenvalue weighted by molar-refractivity contribution is 0.0408. The molecular formula is C18H20F2N6O4S2. The van der Waals surface area contributed by atoms with E-state index in [-0.39, 0.29) is 18.2 Å². The van der Waals surface area contributed by atoms with Gasteiger partial charge in [-0.1, -0.05) is 0 Å². The monoisotopic (exact) mass is 486 g/mol. The van der Waals surface area contributed by atoms with Crippen molar-refractivity contribution < 1.29 is 26.4 Å². The van der Waals surface area contributed by atoms with Crippen LogP contribution >= 0.6 is 11.3 Å². The van der Waals surface area contributed by atoms with Crippen LogP contribution in [0.1, 0.15) is 17.3 Å². The number of pyridine rings is 1. The number of morpholine rings is 1. The first-order chi connectivity index (χ1) is 15.4. The molecule has 0 aromatic carbocycles. The van der Waals surface area contributed by atoms with Crippen LogP contribution in [0.3, 0.4) is 0 Å². The number of hydrogen-bond acceptors (Lipinski definition) is 10. The number of thiazole rings is 1. The molecule has 1 aliphatic rings. The van der Waals surface area contributed by atoms with Crippen molar-refractivity contribution in [1.82, 2.24) is 25.1 Å². The first-order valence-corrected chi connectivity index (χ1v) is 12.1. The summed E-state index contributed by atoms with van der Waals surface area (Å²) in [5.41, 5.74) is 0.406. The second kappa shape index (κ2) is 9.94. The minimum absolute atomic E-state index is 0.0440. The summed E-state index contributed by atoms with van der Waals surface area (Å²) >= 11 is 1.09. The molecule has 14 heteroatoms. The Balaban J connectivity index is 1.53. The number of ether oxygens (including phenoxy) is 1. The number of halogens is 2. The number of alkyl halides is 2. The molecule has 0 radical (unpaired) electrons. The van der Waals surface area contributed by atoms with E-state index in [0.717, 1.165) is 11.3 Å². The van der Waals surface area contributed by atoms with E-state index >= 15 is 0 Å². The molecule has 0 amide bonds. The second-order valence-electron chi connectivity index (χ2n) is 6.85. The van der Waals surface area contributed by atoms with E-state index in [1.165, 1.54) is 16.7 Å². The maximum Gasteiger partial charge on any atom is 0.314 e. The van der Waals surface area contributed by atoms with E-state index in [9.17, 15) is 17.2 Å². The molecule has 4 heterocycles. The molecule has 4 rings (SSSR count). The Hall–Kier alpha value is -2.55. The van der Waals surface area contributed by atoms with Gasteiger partial charge in [0.25, 0.3) is 11.8 Å². The van der Waals surface area contributed by atoms with Crippen molar-refractivity contribution >= 4 is 27.0 Å². The first-order valence-electron chi connectivity index (χ1n) is 9.69. The van der Waals surface area contributed by atoms with E-state index in [0.29, 0.717) is 48.4 Å². The van der Waals surface area contributed by atoms with Gasteiger partial charge in [0.15, 0.2) is 0 Å². The molecule has 1 saturated heterocycles. The molecule has 1 fully saturated rings. The topological polar surface area (TPSA) is 115 Å². The Kier molecular flexibility index (Phi) is 7.03. The van der Waals surface area contributed by atoms with Crippen LogP contribution in [0.15, 0.2) is 35.1 Å². The van der Waals surface area contributed by atoms with Gasteiger partial charge in [-0.15, -0.1) is 21.5 Å². The van der Waals surface area contributed by atoms with Crippen molar-refractivity contribution in [3.8, 4) is 10.8 Å². The molecule has 0 atom stereocenters. The highest BCUT2D eigenvalue weighted by molar-refractivity contribution is 7.92. The highest BCUT2D eigenvalue weighted by Gasteiger charge is 2.26. The molecular weight excluding hydrogens is 466 g/mol. The van der Waals surface area contributed by atoms with Gasteiger partial charge < -0.3 is 9.15 Å². The van der Waals surface area contributed by atoms with Crippen LogP contribution in [-0.4, -0.2) is 72.1 Å². The summed E-state index contributed by atoms with van der Waals surface area (Å²) in [7, 11) is -3.71. The quantitative estimate of drug-likeness (QED) is 0.449. The van der Waals surface area contributed by atoms with Crippen LogP contribution < -0.4 is 4.31 Å². The van der Waals surface area contributed by atoms with E-state index in [1.54, 1.807) is 18.3 Å². The Bertz CT molecular complexity index is 1120. The maximum absolute atomic E-state index is 13.2. The predicted octanol–water partition coefficient (Wildman–Crippen LogP) is 2.19. The molecule has 0 spiro atoms. The van der Waals surface area contributed by atoms with Crippen molar-refractivity contribution in [2.45, 2.75) is 13.0 Å². The van der Waals surface area contributed by atoms with Crippen LogP contribution in [0.5, 0.6) is 0 Å². The first kappa shape index (κ1) is 22.6. The number of anilines is 1. The average molecular weight is 487 g/mol. The van der Waals surface area contributed by atoms with E-state index < -0.39 is 22.3 Å². The van der Waals surface area contributed by atoms with E-state index in [1.807, 2.05) is 4.90 Å². The van der Waals surface area contributed by atoms with E-state index in [2.05, 4.69) is 20.2 Å². The van der Waals surface area contributed by atoms with Gasteiger partial charge in [-0.05, 0) is 12.1 Å². The van der Waals surface area contributed by atoms with Crippen molar-refractivity contribution in [1.29, 1.82) is 0 Å². The summed E-state index contributed by atoms with van der Waals surface area (Å²) in [4.78, 5) is 10.7. The van der Waals surface area contributed by atoms with Crippen LogP contribution in [0.25, 0.3) is 10.8 Å².